The summed E-state index contributed by atoms with van der Waals surface area (Å²) < 4.78 is 58.6. The highest BCUT2D eigenvalue weighted by atomic mass is 19.4. The second-order valence-electron chi connectivity index (χ2n) is 21.0. The highest BCUT2D eigenvalue weighted by molar-refractivity contribution is 6.01. The van der Waals surface area contributed by atoms with E-state index in [1.54, 1.807) is 6.20 Å². The summed E-state index contributed by atoms with van der Waals surface area (Å²) in [6.07, 6.45) is 12.3. The van der Waals surface area contributed by atoms with Crippen LogP contribution in [0.4, 0.5) is 53.1 Å². The molecule has 14 nitrogen and oxygen atoms in total. The molecule has 1 aromatic heterocycles. The molecule has 70 heavy (non-hydrogen) atoms. The first-order valence-electron chi connectivity index (χ1n) is 25.8. The fourth-order valence-corrected chi connectivity index (χ4v) is 12.7. The zero-order chi connectivity index (χ0) is 47.5. The van der Waals surface area contributed by atoms with Gasteiger partial charge in [0.05, 0.1) is 86.1 Å². The van der Waals surface area contributed by atoms with Gasteiger partial charge in [-0.15, -0.1) is 0 Å². The quantitative estimate of drug-likeness (QED) is 0.218. The number of nitrogens with one attached hydrogen (secondary N) is 2. The van der Waals surface area contributed by atoms with Crippen LogP contribution in [0.5, 0.6) is 0 Å². The van der Waals surface area contributed by atoms with Gasteiger partial charge in [-0.05, 0) is 131 Å². The largest absolute Gasteiger partial charge is 0.401 e. The molecule has 9 aliphatic heterocycles. The summed E-state index contributed by atoms with van der Waals surface area (Å²) in [5.74, 6) is 0.372. The molecule has 4 unspecified atom stereocenters. The number of morpholine rings is 2. The molecule has 1 saturated carbocycles. The number of hydrogen-bond donors (Lipinski definition) is 2. The Bertz CT molecular complexity index is 2490. The number of hydrogen-bond acceptors (Lipinski definition) is 12. The summed E-state index contributed by atoms with van der Waals surface area (Å²) >= 11 is 0. The van der Waals surface area contributed by atoms with Crippen LogP contribution in [-0.2, 0) is 30.3 Å². The SMILES string of the molecule is O=C(C1CCC(OCCN2C=CC=C3CN(C(=O)C4CCN(CC(F)(F)F)CC4)c4cc(N5CC6CC[C@H](C5)O6)ccc4NC32)CC1)N1Cc2cccnc2Nc2ccc(N3CC4CCC3CO4)cc21. The summed E-state index contributed by atoms with van der Waals surface area (Å²) in [6, 6.07) is 17.1. The van der Waals surface area contributed by atoms with Gasteiger partial charge in [0, 0.05) is 67.3 Å². The van der Waals surface area contributed by atoms with E-state index in [9.17, 15) is 22.8 Å². The Hall–Kier alpha value is -5.36. The van der Waals surface area contributed by atoms with E-state index >= 15 is 0 Å². The van der Waals surface area contributed by atoms with Crippen LogP contribution in [0.15, 0.2) is 78.7 Å². The van der Waals surface area contributed by atoms with Crippen molar-refractivity contribution < 1.29 is 37.0 Å². The first kappa shape index (κ1) is 45.8. The minimum atomic E-state index is -4.27. The Morgan fingerprint density at radius 1 is 0.786 bits per heavy atom. The number of halogens is 3. The molecule has 0 spiro atoms. The van der Waals surface area contributed by atoms with E-state index in [0.717, 1.165) is 129 Å². The van der Waals surface area contributed by atoms with Gasteiger partial charge in [0.25, 0.3) is 0 Å². The molecule has 372 valence electrons. The zero-order valence-corrected chi connectivity index (χ0v) is 39.7. The molecule has 7 fully saturated rings. The Morgan fingerprint density at radius 3 is 2.24 bits per heavy atom. The van der Waals surface area contributed by atoms with Crippen LogP contribution >= 0.6 is 0 Å². The number of nitrogens with zero attached hydrogens (tertiary/aromatic N) is 7. The lowest BCUT2D eigenvalue weighted by Crippen LogP contribution is -2.54. The zero-order valence-electron chi connectivity index (χ0n) is 39.7. The van der Waals surface area contributed by atoms with Crippen molar-refractivity contribution in [2.45, 2.75) is 114 Å². The minimum Gasteiger partial charge on any atom is -0.376 e. The maximum absolute atomic E-state index is 14.7. The van der Waals surface area contributed by atoms with Gasteiger partial charge in [-0.25, -0.2) is 4.98 Å². The molecular formula is C53H64F3N9O5. The number of benzene rings is 2. The van der Waals surface area contributed by atoms with Crippen molar-refractivity contribution in [3.63, 3.8) is 0 Å². The second kappa shape index (κ2) is 19.0. The van der Waals surface area contributed by atoms with Crippen molar-refractivity contribution in [1.29, 1.82) is 0 Å². The molecule has 10 aliphatic rings. The normalized spacial score (nSPS) is 28.7. The lowest BCUT2D eigenvalue weighted by Gasteiger charge is -2.46. The van der Waals surface area contributed by atoms with E-state index in [1.807, 2.05) is 28.0 Å². The molecule has 0 radical (unpaired) electrons. The lowest BCUT2D eigenvalue weighted by molar-refractivity contribution is -0.149. The summed E-state index contributed by atoms with van der Waals surface area (Å²) in [6.45, 7) is 4.63. The van der Waals surface area contributed by atoms with Crippen molar-refractivity contribution in [2.75, 3.05) is 95.8 Å². The van der Waals surface area contributed by atoms with Gasteiger partial charge in [0.15, 0.2) is 0 Å². The third-order valence-corrected chi connectivity index (χ3v) is 16.4. The molecule has 2 N–H and O–H groups in total. The Morgan fingerprint density at radius 2 is 1.50 bits per heavy atom. The van der Waals surface area contributed by atoms with Gasteiger partial charge >= 0.3 is 6.18 Å². The standard InChI is InChI=1S/C53H64F3N9O5/c54-53(55,56)33-60-21-17-35(18-22-60)52(67)65-28-37-4-2-20-61(50(37)59-46-15-8-38(25-47(46)65)62-29-43-13-14-44(30-62)70-43)23-24-68-41-10-5-34(6-11-41)51(66)64-27-36-3-1-19-57-49(36)58-45-16-9-39(26-48(45)64)63-31-42-12-7-40(63)32-69-42/h1-4,8-9,15-16,19-20,25-26,34-35,40-44,50,59H,5-7,10-14,17-18,21-24,27-33H2,(H,57,58)/t34?,40?,41?,42?,43-,44?,50?/m1/s1. The van der Waals surface area contributed by atoms with E-state index in [4.69, 9.17) is 14.2 Å². The molecule has 6 saturated heterocycles. The van der Waals surface area contributed by atoms with Gasteiger partial charge in [0.1, 0.15) is 12.0 Å². The summed E-state index contributed by atoms with van der Waals surface area (Å²) in [5, 5.41) is 7.34. The van der Waals surface area contributed by atoms with E-state index in [-0.39, 0.29) is 67.3 Å². The molecule has 2 amide bonds. The molecule has 13 rings (SSSR count). The highest BCUT2D eigenvalue weighted by Gasteiger charge is 2.41. The Balaban J connectivity index is 0.705. The number of fused-ring (bicyclic) bond motifs is 9. The van der Waals surface area contributed by atoms with Crippen LogP contribution in [0.2, 0.25) is 0 Å². The molecule has 10 heterocycles. The monoisotopic (exact) mass is 963 g/mol. The highest BCUT2D eigenvalue weighted by Crippen LogP contribution is 2.43. The second-order valence-corrected chi connectivity index (χ2v) is 21.0. The summed E-state index contributed by atoms with van der Waals surface area (Å²) in [7, 11) is 0. The molecule has 2 aromatic carbocycles. The molecule has 17 heteroatoms. The van der Waals surface area contributed by atoms with Crippen molar-refractivity contribution in [3.8, 4) is 0 Å². The van der Waals surface area contributed by atoms with Gasteiger partial charge in [-0.1, -0.05) is 12.1 Å². The number of rotatable bonds is 9. The number of aromatic nitrogens is 1. The number of ether oxygens (including phenoxy) is 3. The maximum Gasteiger partial charge on any atom is 0.401 e. The van der Waals surface area contributed by atoms with Gasteiger partial charge in [-0.2, -0.15) is 13.2 Å². The van der Waals surface area contributed by atoms with E-state index in [2.05, 4.69) is 79.0 Å². The number of carbonyl (C=O) groups excluding carboxylic acids is 2. The first-order valence-corrected chi connectivity index (χ1v) is 25.8. The fraction of sp³-hybridized carbons (Fsp3) is 0.566. The smallest absolute Gasteiger partial charge is 0.376 e. The van der Waals surface area contributed by atoms with E-state index < -0.39 is 12.7 Å². The average molecular weight is 964 g/mol. The summed E-state index contributed by atoms with van der Waals surface area (Å²) in [4.78, 5) is 46.3. The predicted octanol–water partition coefficient (Wildman–Crippen LogP) is 7.80. The number of carbonyl (C=O) groups is 2. The number of pyridine rings is 1. The van der Waals surface area contributed by atoms with E-state index in [0.29, 0.717) is 45.1 Å². The number of piperidine rings is 2. The Labute approximate surface area is 407 Å². The van der Waals surface area contributed by atoms with Crippen LogP contribution in [0.25, 0.3) is 0 Å². The van der Waals surface area contributed by atoms with Gasteiger partial charge < -0.3 is 49.3 Å². The third-order valence-electron chi connectivity index (χ3n) is 16.4. The first-order chi connectivity index (χ1) is 34.0. The van der Waals surface area contributed by atoms with Crippen LogP contribution in [0.3, 0.4) is 0 Å². The topological polar surface area (TPSA) is 118 Å². The van der Waals surface area contributed by atoms with Crippen molar-refractivity contribution in [3.05, 3.63) is 84.2 Å². The lowest BCUT2D eigenvalue weighted by atomic mass is 9.86. The van der Waals surface area contributed by atoms with E-state index in [1.165, 1.54) is 4.90 Å². The van der Waals surface area contributed by atoms with Crippen LogP contribution in [0, 0.1) is 11.8 Å². The minimum absolute atomic E-state index is 0.0338. The maximum atomic E-state index is 14.7. The van der Waals surface area contributed by atoms with Gasteiger partial charge in [0.2, 0.25) is 11.8 Å². The Kier molecular flexibility index (Phi) is 12.4. The number of alkyl halides is 3. The predicted molar refractivity (Wildman–Crippen MR) is 262 cm³/mol. The number of likely N-dealkylation sites (tertiary alicyclic amines) is 1. The third kappa shape index (κ3) is 9.34. The molecule has 1 aliphatic carbocycles. The molecular weight excluding hydrogens is 900 g/mol. The van der Waals surface area contributed by atoms with Crippen LogP contribution in [0.1, 0.15) is 69.8 Å². The molecule has 3 aromatic rings. The van der Waals surface area contributed by atoms with Crippen LogP contribution < -0.4 is 30.2 Å². The van der Waals surface area contributed by atoms with Crippen LogP contribution in [-0.4, -0.2) is 135 Å². The summed E-state index contributed by atoms with van der Waals surface area (Å²) in [5.41, 5.74) is 7.58. The number of amides is 2. The van der Waals surface area contributed by atoms with Crippen molar-refractivity contribution in [1.82, 2.24) is 14.8 Å². The van der Waals surface area contributed by atoms with Crippen molar-refractivity contribution >= 4 is 51.8 Å². The van der Waals surface area contributed by atoms with Crippen molar-refractivity contribution in [2.24, 2.45) is 11.8 Å². The molecule has 5 atom stereocenters. The fourth-order valence-electron chi connectivity index (χ4n) is 12.7. The number of anilines is 7. The molecule has 4 bridgehead atoms. The number of allylic oxidation sites excluding steroid dienone is 2. The van der Waals surface area contributed by atoms with Gasteiger partial charge in [-0.3, -0.25) is 14.5 Å². The average Bonchev–Trinajstić information content (AvgIpc) is 3.52.